The number of fused-ring (bicyclic) bond motifs is 3. The van der Waals surface area contributed by atoms with Crippen LogP contribution >= 0.6 is 11.6 Å². The minimum absolute atomic E-state index is 0.0479. The molecular formula is C31H29ClN6O2. The number of hydrogen-bond donors (Lipinski definition) is 2. The summed E-state index contributed by atoms with van der Waals surface area (Å²) in [4.78, 5) is 29.2. The summed E-state index contributed by atoms with van der Waals surface area (Å²) in [5, 5.41) is 7.15. The molecule has 0 aliphatic carbocycles. The van der Waals surface area contributed by atoms with Crippen molar-refractivity contribution in [3.05, 3.63) is 100 Å². The van der Waals surface area contributed by atoms with E-state index in [0.29, 0.717) is 29.1 Å². The molecule has 1 atom stereocenters. The van der Waals surface area contributed by atoms with Crippen molar-refractivity contribution < 1.29 is 9.53 Å². The van der Waals surface area contributed by atoms with Crippen molar-refractivity contribution in [2.75, 3.05) is 32.6 Å². The Kier molecular flexibility index (Phi) is 7.19. The number of aliphatic imine (C=N–C) groups is 1. The number of likely N-dealkylation sites (N-methyl/N-ethyl adjacent to an activating group) is 1. The first-order valence-corrected chi connectivity index (χ1v) is 13.6. The molecule has 0 radical (unpaired) electrons. The minimum Gasteiger partial charge on any atom is -0.496 e. The zero-order chi connectivity index (χ0) is 27.6. The molecule has 2 aliphatic heterocycles. The minimum atomic E-state index is 0.0479. The number of nitrogens with one attached hydrogen (secondary N) is 2. The lowest BCUT2D eigenvalue weighted by molar-refractivity contribution is 0.0789. The van der Waals surface area contributed by atoms with Crippen LogP contribution in [0.15, 0.2) is 77.9 Å². The molecule has 1 unspecified atom stereocenters. The number of benzene rings is 3. The molecule has 1 amide bonds. The number of methoxy groups -OCH3 is 1. The zero-order valence-electron chi connectivity index (χ0n) is 22.3. The Bertz CT molecular complexity index is 1600. The number of hydrogen-bond acceptors (Lipinski definition) is 7. The summed E-state index contributed by atoms with van der Waals surface area (Å²) in [5.74, 6) is 1.24. The lowest BCUT2D eigenvalue weighted by Gasteiger charge is -2.17. The maximum absolute atomic E-state index is 12.9. The summed E-state index contributed by atoms with van der Waals surface area (Å²) < 4.78 is 5.63. The number of rotatable bonds is 6. The van der Waals surface area contributed by atoms with Gasteiger partial charge in [-0.05, 0) is 62.0 Å². The molecule has 4 aromatic rings. The Morgan fingerprint density at radius 3 is 2.65 bits per heavy atom. The number of halogens is 1. The van der Waals surface area contributed by atoms with Gasteiger partial charge in [-0.2, -0.15) is 0 Å². The van der Waals surface area contributed by atoms with Crippen molar-refractivity contribution in [3.63, 3.8) is 0 Å². The normalized spacial score (nSPS) is 16.0. The van der Waals surface area contributed by atoms with Gasteiger partial charge < -0.3 is 20.3 Å². The van der Waals surface area contributed by atoms with Crippen molar-refractivity contribution in [1.82, 2.24) is 20.2 Å². The topological polar surface area (TPSA) is 91.7 Å². The van der Waals surface area contributed by atoms with Crippen molar-refractivity contribution >= 4 is 34.9 Å². The van der Waals surface area contributed by atoms with E-state index in [2.05, 4.69) is 15.6 Å². The molecule has 6 rings (SSSR count). The highest BCUT2D eigenvalue weighted by Gasteiger charge is 2.26. The van der Waals surface area contributed by atoms with Crippen molar-refractivity contribution in [2.45, 2.75) is 19.0 Å². The SMILES string of the molecule is CNC1CCN(C(=O)c2ccc(Nc3ncc4c(n3)-c3ccc(Cl)cc3C(c3ccccc3OC)=NC4)cc2)C1. The second-order valence-electron chi connectivity index (χ2n) is 9.85. The molecule has 0 saturated carbocycles. The highest BCUT2D eigenvalue weighted by Crippen LogP contribution is 2.35. The van der Waals surface area contributed by atoms with Gasteiger partial charge in [0.25, 0.3) is 5.91 Å². The lowest BCUT2D eigenvalue weighted by atomic mass is 9.95. The molecule has 0 bridgehead atoms. The summed E-state index contributed by atoms with van der Waals surface area (Å²) in [6, 6.07) is 21.4. The molecule has 8 nitrogen and oxygen atoms in total. The summed E-state index contributed by atoms with van der Waals surface area (Å²) in [5.41, 5.74) is 6.63. The Hall–Kier alpha value is -4.27. The van der Waals surface area contributed by atoms with Crippen LogP contribution in [0.3, 0.4) is 0 Å². The van der Waals surface area contributed by atoms with E-state index >= 15 is 0 Å². The van der Waals surface area contributed by atoms with E-state index in [4.69, 9.17) is 26.3 Å². The quantitative estimate of drug-likeness (QED) is 0.336. The number of ether oxygens (including phenoxy) is 1. The maximum atomic E-state index is 12.9. The largest absolute Gasteiger partial charge is 0.496 e. The number of para-hydroxylation sites is 1. The number of nitrogens with zero attached hydrogens (tertiary/aromatic N) is 4. The van der Waals surface area contributed by atoms with Crippen LogP contribution in [0.25, 0.3) is 11.3 Å². The van der Waals surface area contributed by atoms with Crippen LogP contribution in [0.2, 0.25) is 5.02 Å². The number of aromatic nitrogens is 2. The van der Waals surface area contributed by atoms with Gasteiger partial charge in [-0.15, -0.1) is 0 Å². The molecule has 0 spiro atoms. The summed E-state index contributed by atoms with van der Waals surface area (Å²) in [6.07, 6.45) is 2.78. The number of amides is 1. The first-order chi connectivity index (χ1) is 19.5. The average Bonchev–Trinajstić information content (AvgIpc) is 3.42. The predicted molar refractivity (Wildman–Crippen MR) is 158 cm³/mol. The molecule has 9 heteroatoms. The van der Waals surface area contributed by atoms with Gasteiger partial charge in [0.05, 0.1) is 25.1 Å². The Morgan fingerprint density at radius 1 is 1.05 bits per heavy atom. The van der Waals surface area contributed by atoms with E-state index in [1.54, 1.807) is 13.3 Å². The van der Waals surface area contributed by atoms with Crippen LogP contribution in [0, 0.1) is 0 Å². The van der Waals surface area contributed by atoms with Crippen molar-refractivity contribution in [1.29, 1.82) is 0 Å². The van der Waals surface area contributed by atoms with Gasteiger partial charge >= 0.3 is 0 Å². The van der Waals surface area contributed by atoms with Crippen LogP contribution in [-0.2, 0) is 6.54 Å². The fraction of sp³-hybridized carbons (Fsp3) is 0.226. The number of carbonyl (C=O) groups is 1. The monoisotopic (exact) mass is 552 g/mol. The predicted octanol–water partition coefficient (Wildman–Crippen LogP) is 5.33. The molecule has 1 fully saturated rings. The molecule has 2 aliphatic rings. The summed E-state index contributed by atoms with van der Waals surface area (Å²) in [7, 11) is 3.59. The molecule has 40 heavy (non-hydrogen) atoms. The Labute approximate surface area is 238 Å². The van der Waals surface area contributed by atoms with Gasteiger partial charge in [0.1, 0.15) is 5.75 Å². The molecule has 1 aromatic heterocycles. The second kappa shape index (κ2) is 11.1. The van der Waals surface area contributed by atoms with Crippen LogP contribution < -0.4 is 15.4 Å². The lowest BCUT2D eigenvalue weighted by Crippen LogP contribution is -2.33. The van der Waals surface area contributed by atoms with Crippen LogP contribution in [-0.4, -0.2) is 59.8 Å². The first kappa shape index (κ1) is 26.0. The third kappa shape index (κ3) is 5.03. The summed E-state index contributed by atoms with van der Waals surface area (Å²) >= 11 is 6.45. The van der Waals surface area contributed by atoms with E-state index in [1.165, 1.54) is 0 Å². The molecular weight excluding hydrogens is 524 g/mol. The highest BCUT2D eigenvalue weighted by atomic mass is 35.5. The zero-order valence-corrected chi connectivity index (χ0v) is 23.1. The van der Waals surface area contributed by atoms with E-state index in [9.17, 15) is 4.79 Å². The fourth-order valence-electron chi connectivity index (χ4n) is 5.24. The van der Waals surface area contributed by atoms with E-state index in [0.717, 1.165) is 64.6 Å². The number of carbonyl (C=O) groups excluding carboxylic acids is 1. The first-order valence-electron chi connectivity index (χ1n) is 13.2. The van der Waals surface area contributed by atoms with Gasteiger partial charge in [-0.25, -0.2) is 9.97 Å². The number of anilines is 2. The van der Waals surface area contributed by atoms with Crippen molar-refractivity contribution in [3.8, 4) is 17.0 Å². The molecule has 3 aromatic carbocycles. The van der Waals surface area contributed by atoms with Gasteiger partial charge in [0.2, 0.25) is 5.95 Å². The Morgan fingerprint density at radius 2 is 1.88 bits per heavy atom. The van der Waals surface area contributed by atoms with E-state index in [1.807, 2.05) is 78.7 Å². The molecule has 202 valence electrons. The second-order valence-corrected chi connectivity index (χ2v) is 10.3. The fourth-order valence-corrected chi connectivity index (χ4v) is 5.42. The Balaban J connectivity index is 1.28. The average molecular weight is 553 g/mol. The van der Waals surface area contributed by atoms with Crippen LogP contribution in [0.4, 0.5) is 11.6 Å². The standard InChI is InChI=1S/C31H29ClN6O2/c1-33-23-13-14-38(18-23)30(39)19-7-10-22(11-8-19)36-31-35-17-20-16-34-29(25-5-3-4-6-27(25)40-2)26-15-21(32)9-12-24(26)28(20)37-31/h3-12,15,17,23,33H,13-14,16,18H2,1-2H3,(H,35,36,37). The summed E-state index contributed by atoms with van der Waals surface area (Å²) in [6.45, 7) is 1.91. The van der Waals surface area contributed by atoms with Gasteiger partial charge in [0, 0.05) is 63.9 Å². The van der Waals surface area contributed by atoms with Crippen LogP contribution in [0.5, 0.6) is 5.75 Å². The molecule has 1 saturated heterocycles. The smallest absolute Gasteiger partial charge is 0.253 e. The van der Waals surface area contributed by atoms with E-state index in [-0.39, 0.29) is 5.91 Å². The van der Waals surface area contributed by atoms with Crippen molar-refractivity contribution in [2.24, 2.45) is 4.99 Å². The van der Waals surface area contributed by atoms with Gasteiger partial charge in [-0.3, -0.25) is 9.79 Å². The maximum Gasteiger partial charge on any atom is 0.253 e. The number of likely N-dealkylation sites (tertiary alicyclic amines) is 1. The van der Waals surface area contributed by atoms with Gasteiger partial charge in [-0.1, -0.05) is 29.8 Å². The van der Waals surface area contributed by atoms with Gasteiger partial charge in [0.15, 0.2) is 0 Å². The molecule has 2 N–H and O–H groups in total. The highest BCUT2D eigenvalue weighted by molar-refractivity contribution is 6.31. The molecule has 3 heterocycles. The van der Waals surface area contributed by atoms with E-state index < -0.39 is 0 Å². The van der Waals surface area contributed by atoms with Crippen LogP contribution in [0.1, 0.15) is 33.5 Å². The third-order valence-corrected chi connectivity index (χ3v) is 7.63. The third-order valence-electron chi connectivity index (χ3n) is 7.40.